The first-order valence-corrected chi connectivity index (χ1v) is 7.07. The minimum absolute atomic E-state index is 0.132. The van der Waals surface area contributed by atoms with Gasteiger partial charge in [-0.1, -0.05) is 12.1 Å². The van der Waals surface area contributed by atoms with Crippen molar-refractivity contribution in [1.82, 2.24) is 9.78 Å². The van der Waals surface area contributed by atoms with Crippen molar-refractivity contribution in [2.24, 2.45) is 0 Å². The summed E-state index contributed by atoms with van der Waals surface area (Å²) < 4.78 is 6.72. The molecule has 0 saturated heterocycles. The van der Waals surface area contributed by atoms with E-state index in [2.05, 4.69) is 10.4 Å². The average Bonchev–Trinajstić information content (AvgIpc) is 2.85. The molecule has 7 heteroatoms. The number of hydrogen-bond acceptors (Lipinski definition) is 4. The van der Waals surface area contributed by atoms with Crippen molar-refractivity contribution in [1.29, 1.82) is 0 Å². The van der Waals surface area contributed by atoms with E-state index >= 15 is 0 Å². The molecule has 0 aliphatic heterocycles. The predicted molar refractivity (Wildman–Crippen MR) is 84.6 cm³/mol. The van der Waals surface area contributed by atoms with Crippen molar-refractivity contribution in [3.8, 4) is 0 Å². The second-order valence-corrected chi connectivity index (χ2v) is 6.06. The number of benzene rings is 1. The summed E-state index contributed by atoms with van der Waals surface area (Å²) in [6.07, 6.45) is 2.23. The van der Waals surface area contributed by atoms with E-state index in [1.807, 2.05) is 6.07 Å². The van der Waals surface area contributed by atoms with Gasteiger partial charge in [0.25, 0.3) is 0 Å². The van der Waals surface area contributed by atoms with E-state index in [0.717, 1.165) is 5.56 Å². The predicted octanol–water partition coefficient (Wildman–Crippen LogP) is 2.98. The van der Waals surface area contributed by atoms with Crippen molar-refractivity contribution in [2.75, 3.05) is 5.32 Å². The van der Waals surface area contributed by atoms with Crippen LogP contribution in [0.2, 0.25) is 0 Å². The normalized spacial score (nSPS) is 11.1. The van der Waals surface area contributed by atoms with Crippen LogP contribution in [0, 0.1) is 0 Å². The molecule has 1 amide bonds. The lowest BCUT2D eigenvalue weighted by Crippen LogP contribution is -2.27. The van der Waals surface area contributed by atoms with Gasteiger partial charge in [0, 0.05) is 11.9 Å². The molecule has 7 nitrogen and oxygen atoms in total. The third kappa shape index (κ3) is 5.14. The van der Waals surface area contributed by atoms with Crippen molar-refractivity contribution >= 4 is 17.7 Å². The van der Waals surface area contributed by atoms with E-state index in [0.29, 0.717) is 12.2 Å². The second kappa shape index (κ2) is 6.51. The Morgan fingerprint density at radius 2 is 2.09 bits per heavy atom. The van der Waals surface area contributed by atoms with Crippen molar-refractivity contribution in [3.05, 3.63) is 47.8 Å². The van der Waals surface area contributed by atoms with Crippen LogP contribution in [0.25, 0.3) is 0 Å². The summed E-state index contributed by atoms with van der Waals surface area (Å²) in [5.41, 5.74) is 1.04. The summed E-state index contributed by atoms with van der Waals surface area (Å²) in [6, 6.07) is 7.19. The van der Waals surface area contributed by atoms with Crippen LogP contribution in [0.15, 0.2) is 36.7 Å². The van der Waals surface area contributed by atoms with Crippen LogP contribution in [-0.4, -0.2) is 32.6 Å². The molecule has 23 heavy (non-hydrogen) atoms. The minimum atomic E-state index is -1.02. The van der Waals surface area contributed by atoms with Crippen LogP contribution in [0.3, 0.4) is 0 Å². The van der Waals surface area contributed by atoms with E-state index < -0.39 is 17.7 Å². The number of nitrogens with zero attached hydrogens (tertiary/aromatic N) is 2. The molecule has 1 aromatic carbocycles. The number of carboxylic acids is 1. The van der Waals surface area contributed by atoms with Gasteiger partial charge in [0.1, 0.15) is 5.60 Å². The summed E-state index contributed by atoms with van der Waals surface area (Å²) in [7, 11) is 0. The highest BCUT2D eigenvalue weighted by Crippen LogP contribution is 2.14. The Kier molecular flexibility index (Phi) is 4.68. The maximum absolute atomic E-state index is 11.8. The number of carbonyl (C=O) groups excluding carboxylic acids is 1. The highest BCUT2D eigenvalue weighted by molar-refractivity contribution is 5.86. The molecule has 2 rings (SSSR count). The van der Waals surface area contributed by atoms with Crippen LogP contribution in [0.5, 0.6) is 0 Å². The Morgan fingerprint density at radius 3 is 2.70 bits per heavy atom. The third-order valence-electron chi connectivity index (χ3n) is 2.80. The standard InChI is InChI=1S/C16H19N3O4/c1-16(2,3)23-15(22)18-13-6-4-5-11(7-13)9-19-10-12(8-17-19)14(20)21/h4-8,10H,9H2,1-3H3,(H,18,22)(H,20,21). The van der Waals surface area contributed by atoms with Gasteiger partial charge in [-0.25, -0.2) is 9.59 Å². The maximum atomic E-state index is 11.8. The summed E-state index contributed by atoms with van der Waals surface area (Å²) in [6.45, 7) is 5.78. The number of carbonyl (C=O) groups is 2. The van der Waals surface area contributed by atoms with Crippen LogP contribution in [0.4, 0.5) is 10.5 Å². The molecule has 0 atom stereocenters. The lowest BCUT2D eigenvalue weighted by Gasteiger charge is -2.19. The molecular weight excluding hydrogens is 298 g/mol. The van der Waals surface area contributed by atoms with Crippen molar-refractivity contribution in [2.45, 2.75) is 32.9 Å². The smallest absolute Gasteiger partial charge is 0.412 e. The first kappa shape index (κ1) is 16.5. The molecule has 2 N–H and O–H groups in total. The van der Waals surface area contributed by atoms with Gasteiger partial charge in [-0.3, -0.25) is 10.00 Å². The van der Waals surface area contributed by atoms with Gasteiger partial charge in [0.05, 0.1) is 18.3 Å². The van der Waals surface area contributed by atoms with Gasteiger partial charge < -0.3 is 9.84 Å². The monoisotopic (exact) mass is 317 g/mol. The number of ether oxygens (including phenoxy) is 1. The molecule has 0 bridgehead atoms. The number of carboxylic acid groups (broad SMARTS) is 1. The van der Waals surface area contributed by atoms with E-state index in [4.69, 9.17) is 9.84 Å². The molecule has 0 spiro atoms. The largest absolute Gasteiger partial charge is 0.478 e. The number of rotatable bonds is 4. The second-order valence-electron chi connectivity index (χ2n) is 6.06. The minimum Gasteiger partial charge on any atom is -0.478 e. The summed E-state index contributed by atoms with van der Waals surface area (Å²) in [5, 5.41) is 15.5. The van der Waals surface area contributed by atoms with Gasteiger partial charge >= 0.3 is 12.1 Å². The first-order valence-electron chi connectivity index (χ1n) is 7.07. The molecule has 0 unspecified atom stereocenters. The number of anilines is 1. The lowest BCUT2D eigenvalue weighted by atomic mass is 10.2. The zero-order chi connectivity index (χ0) is 17.0. The fourth-order valence-electron chi connectivity index (χ4n) is 1.92. The van der Waals surface area contributed by atoms with Gasteiger partial charge in [-0.05, 0) is 38.5 Å². The molecule has 0 saturated carbocycles. The van der Waals surface area contributed by atoms with Crippen LogP contribution < -0.4 is 5.32 Å². The van der Waals surface area contributed by atoms with Gasteiger partial charge in [-0.2, -0.15) is 5.10 Å². The van der Waals surface area contributed by atoms with E-state index in [1.165, 1.54) is 17.1 Å². The van der Waals surface area contributed by atoms with E-state index in [-0.39, 0.29) is 5.56 Å². The fourth-order valence-corrected chi connectivity index (χ4v) is 1.92. The quantitative estimate of drug-likeness (QED) is 0.904. The van der Waals surface area contributed by atoms with Crippen molar-refractivity contribution in [3.63, 3.8) is 0 Å². The Bertz CT molecular complexity index is 716. The van der Waals surface area contributed by atoms with E-state index in [1.54, 1.807) is 39.0 Å². The van der Waals surface area contributed by atoms with Gasteiger partial charge in [0.2, 0.25) is 0 Å². The van der Waals surface area contributed by atoms with Crippen molar-refractivity contribution < 1.29 is 19.4 Å². The zero-order valence-corrected chi connectivity index (χ0v) is 13.2. The molecule has 0 radical (unpaired) electrons. The molecule has 1 aromatic heterocycles. The van der Waals surface area contributed by atoms with Gasteiger partial charge in [-0.15, -0.1) is 0 Å². The number of nitrogens with one attached hydrogen (secondary N) is 1. The summed E-state index contributed by atoms with van der Waals surface area (Å²) in [4.78, 5) is 22.6. The summed E-state index contributed by atoms with van der Waals surface area (Å²) in [5.74, 6) is -1.02. The van der Waals surface area contributed by atoms with Crippen LogP contribution in [-0.2, 0) is 11.3 Å². The number of aromatic carboxylic acids is 1. The third-order valence-corrected chi connectivity index (χ3v) is 2.80. The maximum Gasteiger partial charge on any atom is 0.412 e. The molecule has 122 valence electrons. The Labute approximate surface area is 133 Å². The molecule has 0 aliphatic rings. The molecule has 1 heterocycles. The SMILES string of the molecule is CC(C)(C)OC(=O)Nc1cccc(Cn2cc(C(=O)O)cn2)c1. The molecular formula is C16H19N3O4. The average molecular weight is 317 g/mol. The fraction of sp³-hybridized carbons (Fsp3) is 0.312. The number of amides is 1. The molecule has 0 aliphatic carbocycles. The molecule has 0 fully saturated rings. The number of aromatic nitrogens is 2. The number of hydrogen-bond donors (Lipinski definition) is 2. The zero-order valence-electron chi connectivity index (χ0n) is 13.2. The van der Waals surface area contributed by atoms with Gasteiger partial charge in [0.15, 0.2) is 0 Å². The topological polar surface area (TPSA) is 93.5 Å². The Hall–Kier alpha value is -2.83. The first-order chi connectivity index (χ1) is 10.7. The Morgan fingerprint density at radius 1 is 1.35 bits per heavy atom. The van der Waals surface area contributed by atoms with E-state index in [9.17, 15) is 9.59 Å². The summed E-state index contributed by atoms with van der Waals surface area (Å²) >= 11 is 0. The van der Waals surface area contributed by atoms with Crippen LogP contribution in [0.1, 0.15) is 36.7 Å². The van der Waals surface area contributed by atoms with Crippen LogP contribution >= 0.6 is 0 Å². The molecule has 2 aromatic rings. The Balaban J connectivity index is 2.04. The lowest BCUT2D eigenvalue weighted by molar-refractivity contribution is 0.0634. The highest BCUT2D eigenvalue weighted by Gasteiger charge is 2.16. The highest BCUT2D eigenvalue weighted by atomic mass is 16.6.